The van der Waals surface area contributed by atoms with Crippen LogP contribution in [0.15, 0.2) is 0 Å². The van der Waals surface area contributed by atoms with E-state index in [9.17, 15) is 0 Å². The van der Waals surface area contributed by atoms with Crippen LogP contribution in [0.25, 0.3) is 0 Å². The summed E-state index contributed by atoms with van der Waals surface area (Å²) < 4.78 is 17.7. The van der Waals surface area contributed by atoms with Crippen molar-refractivity contribution in [1.29, 1.82) is 0 Å². The summed E-state index contributed by atoms with van der Waals surface area (Å²) in [6, 6.07) is 0. The summed E-state index contributed by atoms with van der Waals surface area (Å²) in [5, 5.41) is 0. The Morgan fingerprint density at radius 3 is 0.833 bits per heavy atom. The summed E-state index contributed by atoms with van der Waals surface area (Å²) in [5.74, 6) is 0. The molecular weight excluding hydrogens is 293 g/mol. The molecule has 0 radical (unpaired) electrons. The second kappa shape index (κ2) is 10.4. The first kappa shape index (κ1) is 24.2. The van der Waals surface area contributed by atoms with Gasteiger partial charge in [-0.05, 0) is 0 Å². The molecule has 12 heteroatoms. The molecule has 12 heavy (non-hydrogen) atoms. The number of rotatable bonds is 0. The van der Waals surface area contributed by atoms with Gasteiger partial charge in [0.15, 0.2) is 0 Å². The van der Waals surface area contributed by atoms with Crippen molar-refractivity contribution in [3.63, 3.8) is 0 Å². The molecule has 6 nitrogen and oxygen atoms in total. The van der Waals surface area contributed by atoms with Gasteiger partial charge in [-0.25, -0.2) is 0 Å². The summed E-state index contributed by atoms with van der Waals surface area (Å²) >= 11 is 7.95. The Balaban J connectivity index is -0.0000000457. The van der Waals surface area contributed by atoms with Gasteiger partial charge in [0, 0.05) is 13.9 Å². The van der Waals surface area contributed by atoms with Crippen LogP contribution in [0.1, 0.15) is 0 Å². The van der Waals surface area contributed by atoms with Crippen molar-refractivity contribution in [1.82, 2.24) is 0 Å². The number of hydrogen-bond acceptors (Lipinski definition) is 6. The normalized spacial score (nSPS) is 9.83. The number of halogens is 2. The van der Waals surface area contributed by atoms with Gasteiger partial charge in [-0.3, -0.25) is 0 Å². The van der Waals surface area contributed by atoms with Crippen LogP contribution in [0.2, 0.25) is 0 Å². The zero-order chi connectivity index (χ0) is 9.00. The Hall–Kier alpha value is 2.91. The van der Waals surface area contributed by atoms with Crippen molar-refractivity contribution >= 4 is 97.2 Å². The minimum atomic E-state index is -4.67. The average Bonchev–Trinajstić information content (AvgIpc) is 1.12. The van der Waals surface area contributed by atoms with Gasteiger partial charge in [-0.1, -0.05) is 22.5 Å². The molecule has 0 aromatic heterocycles. The van der Waals surface area contributed by atoms with Gasteiger partial charge >= 0.3 is 60.8 Å². The van der Waals surface area contributed by atoms with Gasteiger partial charge in [-0.15, -0.1) is 0 Å². The van der Waals surface area contributed by atoms with E-state index in [1.807, 2.05) is 0 Å². The first-order chi connectivity index (χ1) is 4.00. The second-order valence-electron chi connectivity index (χ2n) is 0.861. The second-order valence-corrected chi connectivity index (χ2v) is 5.07. The molecule has 0 N–H and O–H groups in total. The maximum absolute atomic E-state index is 8.87. The van der Waals surface area contributed by atoms with Crippen molar-refractivity contribution in [2.24, 2.45) is 0 Å². The molecule has 0 aliphatic heterocycles. The first-order valence-corrected chi connectivity index (χ1v) is 6.33. The quantitative estimate of drug-likeness (QED) is 0.354. The zero-order valence-corrected chi connectivity index (χ0v) is 12.4. The Kier molecular flexibility index (Phi) is 21.1. The van der Waals surface area contributed by atoms with Crippen LogP contribution in [0.5, 0.6) is 0 Å². The van der Waals surface area contributed by atoms with Crippen LogP contribution in [-0.4, -0.2) is 60.8 Å². The Labute approximate surface area is 124 Å². The minimum Gasteiger partial charge on any atom is -0.799 e. The Morgan fingerprint density at radius 2 is 0.833 bits per heavy atom. The predicted octanol–water partition coefficient (Wildman–Crippen LogP) is -2.65. The molecule has 64 valence electrons. The van der Waals surface area contributed by atoms with E-state index in [0.29, 0.717) is 0 Å². The van der Waals surface area contributed by atoms with E-state index in [4.69, 9.17) is 28.7 Å². The maximum Gasteiger partial charge on any atom is 2.00 e. The van der Waals surface area contributed by atoms with Crippen molar-refractivity contribution in [2.75, 3.05) is 0 Å². The maximum atomic E-state index is 8.87. The summed E-state index contributed by atoms with van der Waals surface area (Å²) in [7, 11) is 0. The van der Waals surface area contributed by atoms with Crippen LogP contribution >= 0.6 is 36.4 Å². The number of hydrogen-bond donors (Lipinski definition) is 0. The molecule has 0 unspecified atom stereocenters. The van der Waals surface area contributed by atoms with Gasteiger partial charge in [0.1, 0.15) is 0 Å². The average molecular weight is 293 g/mol. The van der Waals surface area contributed by atoms with Crippen LogP contribution in [0, 0.1) is 0 Å². The fraction of sp³-hybridized carbons (Fsp3) is 0. The predicted molar refractivity (Wildman–Crippen MR) is 38.4 cm³/mol. The fourth-order valence-corrected chi connectivity index (χ4v) is 0. The van der Waals surface area contributed by atoms with Crippen molar-refractivity contribution < 1.29 is 28.7 Å². The Bertz CT molecular complexity index is 136. The van der Waals surface area contributed by atoms with Crippen molar-refractivity contribution in [3.8, 4) is 0 Å². The van der Waals surface area contributed by atoms with Gasteiger partial charge in [0.25, 0.3) is 0 Å². The van der Waals surface area contributed by atoms with Crippen LogP contribution in [0.4, 0.5) is 0 Å². The molecule has 0 rings (SSSR count). The molecule has 0 amide bonds. The molecule has 0 aliphatic rings. The van der Waals surface area contributed by atoms with Crippen LogP contribution in [-0.2, 0) is 9.13 Å². The molecule has 0 aromatic carbocycles. The standard InChI is InChI=1S/Ca.2ClH2O3P.Mg/c;2*1-5(2,3)4;/h;2*(H2,2,3,4);/q+2;;;+2/p-4. The summed E-state index contributed by atoms with van der Waals surface area (Å²) in [6.45, 7) is -9.33. The van der Waals surface area contributed by atoms with E-state index in [2.05, 4.69) is 22.5 Å². The minimum absolute atomic E-state index is 0. The Morgan fingerprint density at radius 1 is 0.833 bits per heavy atom. The van der Waals surface area contributed by atoms with Crippen molar-refractivity contribution in [3.05, 3.63) is 0 Å². The fourth-order valence-electron chi connectivity index (χ4n) is 0. The van der Waals surface area contributed by atoms with Crippen LogP contribution < -0.4 is 19.6 Å². The van der Waals surface area contributed by atoms with E-state index >= 15 is 0 Å². The SMILES string of the molecule is O=P([O-])([O-])Cl.O=P([O-])([O-])Cl.[Ca+2].[Mg+2]. The summed E-state index contributed by atoms with van der Waals surface area (Å²) in [5.41, 5.74) is 0. The van der Waals surface area contributed by atoms with Gasteiger partial charge < -0.3 is 28.7 Å². The van der Waals surface area contributed by atoms with E-state index < -0.39 is 13.9 Å². The third-order valence-electron chi connectivity index (χ3n) is 0. The molecule has 0 saturated carbocycles. The van der Waals surface area contributed by atoms with Crippen LogP contribution in [0.3, 0.4) is 0 Å². The third-order valence-corrected chi connectivity index (χ3v) is 0. The molecule has 0 heterocycles. The molecule has 0 aromatic rings. The molecule has 0 atom stereocenters. The third kappa shape index (κ3) is 217. The van der Waals surface area contributed by atoms with Gasteiger partial charge in [0.05, 0.1) is 0 Å². The van der Waals surface area contributed by atoms with Gasteiger partial charge in [-0.2, -0.15) is 0 Å². The van der Waals surface area contributed by atoms with Gasteiger partial charge in [0.2, 0.25) is 0 Å². The molecule has 0 fully saturated rings. The summed E-state index contributed by atoms with van der Waals surface area (Å²) in [6.07, 6.45) is 0. The monoisotopic (exact) mass is 292 g/mol. The van der Waals surface area contributed by atoms with E-state index in [1.54, 1.807) is 0 Å². The zero-order valence-electron chi connectivity index (χ0n) is 5.51. The van der Waals surface area contributed by atoms with E-state index in [0.717, 1.165) is 0 Å². The topological polar surface area (TPSA) is 126 Å². The molecule has 0 aliphatic carbocycles. The first-order valence-electron chi connectivity index (χ1n) is 1.43. The smallest absolute Gasteiger partial charge is 0.799 e. The molecule has 0 bridgehead atoms. The molecule has 0 saturated heterocycles. The molecular formula is CaCl2MgO6P2. The van der Waals surface area contributed by atoms with Crippen molar-refractivity contribution in [2.45, 2.75) is 0 Å². The molecule has 0 spiro atoms. The van der Waals surface area contributed by atoms with E-state index in [1.165, 1.54) is 0 Å². The largest absolute Gasteiger partial charge is 2.00 e. The van der Waals surface area contributed by atoms with E-state index in [-0.39, 0.29) is 60.8 Å². The summed E-state index contributed by atoms with van der Waals surface area (Å²) in [4.78, 5) is 35.5.